The molecule has 1 atom stereocenters. The van der Waals surface area contributed by atoms with E-state index in [0.717, 1.165) is 35.1 Å². The number of nitrogens with one attached hydrogen (secondary N) is 1. The largest absolute Gasteiger partial charge is 0.493 e. The molecule has 6 nitrogen and oxygen atoms in total. The molecule has 1 saturated carbocycles. The van der Waals surface area contributed by atoms with Crippen LogP contribution in [0, 0.1) is 0 Å². The number of amides is 1. The average molecular weight is 421 g/mol. The Morgan fingerprint density at radius 1 is 1.10 bits per heavy atom. The Bertz CT molecular complexity index is 1160. The Balaban J connectivity index is 1.56. The summed E-state index contributed by atoms with van der Waals surface area (Å²) >= 11 is 0. The van der Waals surface area contributed by atoms with E-state index in [2.05, 4.69) is 5.32 Å². The first kappa shape index (κ1) is 21.0. The van der Waals surface area contributed by atoms with E-state index in [0.29, 0.717) is 11.3 Å². The highest BCUT2D eigenvalue weighted by atomic mass is 16.5. The van der Waals surface area contributed by atoms with Crippen molar-refractivity contribution in [2.45, 2.75) is 44.8 Å². The van der Waals surface area contributed by atoms with Crippen LogP contribution in [0.3, 0.4) is 0 Å². The smallest absolute Gasteiger partial charge is 0.252 e. The fourth-order valence-corrected chi connectivity index (χ4v) is 4.19. The second kappa shape index (κ2) is 8.84. The van der Waals surface area contributed by atoms with Gasteiger partial charge in [-0.3, -0.25) is 9.59 Å². The van der Waals surface area contributed by atoms with Gasteiger partial charge in [0.15, 0.2) is 11.5 Å². The summed E-state index contributed by atoms with van der Waals surface area (Å²) in [5.74, 6) is 1.10. The van der Waals surface area contributed by atoms with Crippen LogP contribution in [0.4, 0.5) is 0 Å². The Morgan fingerprint density at radius 3 is 2.58 bits per heavy atom. The van der Waals surface area contributed by atoms with E-state index in [-0.39, 0.29) is 23.6 Å². The highest BCUT2D eigenvalue weighted by Gasteiger charge is 2.20. The number of hydrogen-bond acceptors (Lipinski definition) is 4. The summed E-state index contributed by atoms with van der Waals surface area (Å²) < 4.78 is 13.2. The number of aryl methyl sites for hydroxylation is 1. The normalized spacial score (nSPS) is 15.1. The molecule has 31 heavy (non-hydrogen) atoms. The number of rotatable bonds is 6. The molecule has 1 fully saturated rings. The summed E-state index contributed by atoms with van der Waals surface area (Å²) in [6.07, 6.45) is 4.78. The molecule has 3 aromatic rings. The summed E-state index contributed by atoms with van der Waals surface area (Å²) in [6.45, 7) is 1.91. The average Bonchev–Trinajstić information content (AvgIpc) is 3.29. The number of benzene rings is 2. The number of carbonyl (C=O) groups excluding carboxylic acids is 1. The molecule has 162 valence electrons. The molecule has 1 aliphatic carbocycles. The Hall–Kier alpha value is -3.28. The van der Waals surface area contributed by atoms with Gasteiger partial charge in [0.05, 0.1) is 30.3 Å². The van der Waals surface area contributed by atoms with Crippen LogP contribution < -0.4 is 20.3 Å². The van der Waals surface area contributed by atoms with Crippen LogP contribution in [-0.4, -0.2) is 23.7 Å². The van der Waals surface area contributed by atoms with Gasteiger partial charge in [0.1, 0.15) is 0 Å². The maximum atomic E-state index is 13.0. The number of methoxy groups -OCH3 is 1. The van der Waals surface area contributed by atoms with Crippen molar-refractivity contribution >= 4 is 16.8 Å². The minimum Gasteiger partial charge on any atom is -0.493 e. The van der Waals surface area contributed by atoms with Crippen LogP contribution >= 0.6 is 0 Å². The molecule has 0 aliphatic heterocycles. The number of nitrogens with zero attached hydrogens (tertiary/aromatic N) is 1. The number of fused-ring (bicyclic) bond motifs is 1. The van der Waals surface area contributed by atoms with E-state index in [1.807, 2.05) is 49.4 Å². The maximum absolute atomic E-state index is 13.0. The van der Waals surface area contributed by atoms with Gasteiger partial charge in [-0.2, -0.15) is 0 Å². The molecule has 4 rings (SSSR count). The zero-order chi connectivity index (χ0) is 22.0. The molecule has 0 spiro atoms. The minimum atomic E-state index is -0.286. The second-order valence-electron chi connectivity index (χ2n) is 8.10. The number of carbonyl (C=O) groups is 1. The third-order valence-corrected chi connectivity index (χ3v) is 6.03. The number of pyridine rings is 1. The van der Waals surface area contributed by atoms with Gasteiger partial charge < -0.3 is 19.4 Å². The zero-order valence-electron chi connectivity index (χ0n) is 18.2. The van der Waals surface area contributed by atoms with Gasteiger partial charge in [-0.25, -0.2) is 0 Å². The summed E-state index contributed by atoms with van der Waals surface area (Å²) in [7, 11) is 3.33. The van der Waals surface area contributed by atoms with E-state index in [4.69, 9.17) is 9.47 Å². The molecule has 1 unspecified atom stereocenters. The molecule has 1 amide bonds. The molecule has 0 saturated heterocycles. The standard InChI is InChI=1S/C25H28N2O4/c1-16(17-12-13-22(23(14-17)30-3)31-18-8-4-5-9-18)26-25(29)20-15-24(28)27(2)21-11-7-6-10-19(20)21/h6-7,10-16,18H,4-5,8-9H2,1-3H3,(H,26,29). The molecule has 1 aliphatic rings. The van der Waals surface area contributed by atoms with Gasteiger partial charge in [0.2, 0.25) is 0 Å². The molecule has 1 N–H and O–H groups in total. The summed E-state index contributed by atoms with van der Waals surface area (Å²) in [4.78, 5) is 25.4. The predicted molar refractivity (Wildman–Crippen MR) is 121 cm³/mol. The zero-order valence-corrected chi connectivity index (χ0v) is 18.2. The van der Waals surface area contributed by atoms with Gasteiger partial charge in [-0.05, 0) is 56.4 Å². The first-order chi connectivity index (χ1) is 15.0. The predicted octanol–water partition coefficient (Wildman–Crippen LogP) is 4.36. The molecular formula is C25H28N2O4. The molecule has 0 bridgehead atoms. The van der Waals surface area contributed by atoms with Crippen LogP contribution in [0.15, 0.2) is 53.3 Å². The van der Waals surface area contributed by atoms with Crippen LogP contribution in [0.1, 0.15) is 54.6 Å². The van der Waals surface area contributed by atoms with E-state index in [1.165, 1.54) is 18.9 Å². The maximum Gasteiger partial charge on any atom is 0.252 e. The van der Waals surface area contributed by atoms with Crippen molar-refractivity contribution in [1.82, 2.24) is 9.88 Å². The van der Waals surface area contributed by atoms with Crippen molar-refractivity contribution in [3.63, 3.8) is 0 Å². The molecule has 1 aromatic heterocycles. The molecule has 6 heteroatoms. The van der Waals surface area contributed by atoms with Crippen molar-refractivity contribution in [3.8, 4) is 11.5 Å². The summed E-state index contributed by atoms with van der Waals surface area (Å²) in [6, 6.07) is 14.3. The topological polar surface area (TPSA) is 69.6 Å². The lowest BCUT2D eigenvalue weighted by atomic mass is 10.0. The Morgan fingerprint density at radius 2 is 1.84 bits per heavy atom. The Kier molecular flexibility index (Phi) is 5.98. The van der Waals surface area contributed by atoms with Gasteiger partial charge in [-0.1, -0.05) is 24.3 Å². The van der Waals surface area contributed by atoms with Crippen molar-refractivity contribution < 1.29 is 14.3 Å². The van der Waals surface area contributed by atoms with Crippen molar-refractivity contribution in [2.24, 2.45) is 7.05 Å². The number of aromatic nitrogens is 1. The van der Waals surface area contributed by atoms with E-state index in [9.17, 15) is 9.59 Å². The second-order valence-corrected chi connectivity index (χ2v) is 8.10. The fraction of sp³-hybridized carbons (Fsp3) is 0.360. The molecule has 2 aromatic carbocycles. The lowest BCUT2D eigenvalue weighted by Crippen LogP contribution is -2.29. The van der Waals surface area contributed by atoms with Crippen LogP contribution in [0.5, 0.6) is 11.5 Å². The third kappa shape index (κ3) is 4.29. The number of ether oxygens (including phenoxy) is 2. The van der Waals surface area contributed by atoms with Gasteiger partial charge >= 0.3 is 0 Å². The third-order valence-electron chi connectivity index (χ3n) is 6.03. The van der Waals surface area contributed by atoms with Crippen LogP contribution in [0.25, 0.3) is 10.9 Å². The van der Waals surface area contributed by atoms with Crippen molar-refractivity contribution in [2.75, 3.05) is 7.11 Å². The van der Waals surface area contributed by atoms with Gasteiger partial charge in [-0.15, -0.1) is 0 Å². The quantitative estimate of drug-likeness (QED) is 0.643. The van der Waals surface area contributed by atoms with E-state index >= 15 is 0 Å². The van der Waals surface area contributed by atoms with E-state index < -0.39 is 0 Å². The number of para-hydroxylation sites is 1. The Labute approximate surface area is 181 Å². The first-order valence-corrected chi connectivity index (χ1v) is 10.7. The molecular weight excluding hydrogens is 392 g/mol. The van der Waals surface area contributed by atoms with Crippen LogP contribution in [0.2, 0.25) is 0 Å². The van der Waals surface area contributed by atoms with Gasteiger partial charge in [0.25, 0.3) is 11.5 Å². The van der Waals surface area contributed by atoms with Crippen LogP contribution in [-0.2, 0) is 7.05 Å². The summed E-state index contributed by atoms with van der Waals surface area (Å²) in [5.41, 5.74) is 1.78. The number of hydrogen-bond donors (Lipinski definition) is 1. The molecule has 0 radical (unpaired) electrons. The van der Waals surface area contributed by atoms with E-state index in [1.54, 1.807) is 18.7 Å². The molecule has 1 heterocycles. The summed E-state index contributed by atoms with van der Waals surface area (Å²) in [5, 5.41) is 3.75. The monoisotopic (exact) mass is 420 g/mol. The van der Waals surface area contributed by atoms with Crippen molar-refractivity contribution in [3.05, 3.63) is 70.0 Å². The lowest BCUT2D eigenvalue weighted by Gasteiger charge is -2.19. The fourth-order valence-electron chi connectivity index (χ4n) is 4.19. The van der Waals surface area contributed by atoms with Gasteiger partial charge in [0, 0.05) is 18.5 Å². The van der Waals surface area contributed by atoms with Crippen molar-refractivity contribution in [1.29, 1.82) is 0 Å². The highest BCUT2D eigenvalue weighted by molar-refractivity contribution is 6.06. The SMILES string of the molecule is COc1cc(C(C)NC(=O)c2cc(=O)n(C)c3ccccc23)ccc1OC1CCCC1. The lowest BCUT2D eigenvalue weighted by molar-refractivity contribution is 0.0941. The minimum absolute atomic E-state index is 0.216. The first-order valence-electron chi connectivity index (χ1n) is 10.7. The highest BCUT2D eigenvalue weighted by Crippen LogP contribution is 2.33.